The first-order valence-corrected chi connectivity index (χ1v) is 12.3. The van der Waals surface area contributed by atoms with Crippen LogP contribution in [0, 0.1) is 44.4 Å². The van der Waals surface area contributed by atoms with Gasteiger partial charge >= 0.3 is 6.09 Å². The monoisotopic (exact) mass is 531 g/mol. The standard InChI is InChI=1S/C27H25N5O7/c1-3-16-15-30-9-7-17(16)10-25(30)26(22-6-8-28-24-5-4-21(38-2)14-23(22)24)39-27(33)29-18-11-19(31(34)35)13-20(12-18)32(36)37/h1,4-6,8,11-14,16-17,25-26H,7,9-10,15H2,2H3,(H,29,33)/t16?,17?,25-,26+/m0/s1. The number of non-ortho nitro benzene ring substituents is 2. The Morgan fingerprint density at radius 1 is 1.18 bits per heavy atom. The van der Waals surface area contributed by atoms with Gasteiger partial charge in [-0.25, -0.2) is 4.79 Å². The van der Waals surface area contributed by atoms with E-state index in [1.54, 1.807) is 25.4 Å². The molecule has 0 radical (unpaired) electrons. The molecule has 0 spiro atoms. The Morgan fingerprint density at radius 2 is 1.92 bits per heavy atom. The molecular weight excluding hydrogens is 506 g/mol. The summed E-state index contributed by atoms with van der Waals surface area (Å²) in [5.41, 5.74) is 0.223. The second-order valence-electron chi connectivity index (χ2n) is 9.61. The number of carbonyl (C=O) groups excluding carboxylic acids is 1. The van der Waals surface area contributed by atoms with E-state index in [-0.39, 0.29) is 23.6 Å². The number of terminal acetylenes is 1. The largest absolute Gasteiger partial charge is 0.497 e. The number of benzene rings is 2. The van der Waals surface area contributed by atoms with Crippen molar-refractivity contribution in [2.24, 2.45) is 11.8 Å². The third kappa shape index (κ3) is 5.17. The SMILES string of the molecule is C#CC1CN2CCC1C[C@H]2[C@H](OC(=O)Nc1cc([N+](=O)[O-])cc([N+](=O)[O-])c1)c1ccnc2ccc(OC)cc12. The zero-order valence-electron chi connectivity index (χ0n) is 21.0. The summed E-state index contributed by atoms with van der Waals surface area (Å²) in [6.07, 6.45) is 7.42. The lowest BCUT2D eigenvalue weighted by Gasteiger charge is -2.50. The highest BCUT2D eigenvalue weighted by Gasteiger charge is 2.44. The summed E-state index contributed by atoms with van der Waals surface area (Å²) in [5, 5.41) is 25.8. The number of methoxy groups -OCH3 is 1. The average molecular weight is 532 g/mol. The van der Waals surface area contributed by atoms with E-state index in [9.17, 15) is 25.0 Å². The van der Waals surface area contributed by atoms with E-state index in [0.29, 0.717) is 29.8 Å². The predicted octanol–water partition coefficient (Wildman–Crippen LogP) is 4.69. The summed E-state index contributed by atoms with van der Waals surface area (Å²) in [6.45, 7) is 1.48. The van der Waals surface area contributed by atoms with Gasteiger partial charge in [0.2, 0.25) is 0 Å². The van der Waals surface area contributed by atoms with Crippen LogP contribution in [0.1, 0.15) is 24.5 Å². The number of nitrogens with one attached hydrogen (secondary N) is 1. The summed E-state index contributed by atoms with van der Waals surface area (Å²) in [6, 6.07) is 9.95. The highest BCUT2D eigenvalue weighted by atomic mass is 16.6. The van der Waals surface area contributed by atoms with Crippen LogP contribution < -0.4 is 10.1 Å². The molecule has 39 heavy (non-hydrogen) atoms. The van der Waals surface area contributed by atoms with Gasteiger partial charge < -0.3 is 9.47 Å². The van der Waals surface area contributed by atoms with Crippen LogP contribution in [0.5, 0.6) is 5.75 Å². The zero-order valence-corrected chi connectivity index (χ0v) is 21.0. The topological polar surface area (TPSA) is 150 Å². The summed E-state index contributed by atoms with van der Waals surface area (Å²) in [7, 11) is 1.56. The van der Waals surface area contributed by atoms with Gasteiger partial charge in [0.05, 0.1) is 40.3 Å². The van der Waals surface area contributed by atoms with Gasteiger partial charge in [-0.1, -0.05) is 0 Å². The van der Waals surface area contributed by atoms with Crippen molar-refractivity contribution in [1.29, 1.82) is 0 Å². The van der Waals surface area contributed by atoms with Gasteiger partial charge in [-0.3, -0.25) is 35.4 Å². The van der Waals surface area contributed by atoms with Gasteiger partial charge in [0, 0.05) is 41.7 Å². The number of aromatic nitrogens is 1. The molecule has 1 aromatic heterocycles. The van der Waals surface area contributed by atoms with Crippen LogP contribution in [0.4, 0.5) is 21.9 Å². The maximum absolute atomic E-state index is 13.2. The highest BCUT2D eigenvalue weighted by Crippen LogP contribution is 2.43. The number of fused-ring (bicyclic) bond motifs is 4. The lowest BCUT2D eigenvalue weighted by atomic mass is 9.74. The molecule has 0 saturated carbocycles. The number of hydrogen-bond donors (Lipinski definition) is 1. The number of anilines is 1. The summed E-state index contributed by atoms with van der Waals surface area (Å²) in [4.78, 5) is 40.9. The molecular formula is C27H25N5O7. The van der Waals surface area contributed by atoms with Crippen LogP contribution in [-0.2, 0) is 4.74 Å². The quantitative estimate of drug-likeness (QED) is 0.260. The van der Waals surface area contributed by atoms with Gasteiger partial charge in [0.15, 0.2) is 0 Å². The number of pyridine rings is 1. The molecule has 3 aliphatic rings. The van der Waals surface area contributed by atoms with Crippen LogP contribution in [0.25, 0.3) is 10.9 Å². The molecule has 3 unspecified atom stereocenters. The molecule has 200 valence electrons. The highest BCUT2D eigenvalue weighted by molar-refractivity contribution is 5.87. The van der Waals surface area contributed by atoms with E-state index in [2.05, 4.69) is 21.1 Å². The Bertz CT molecular complexity index is 1470. The normalized spacial score (nSPS) is 22.5. The fourth-order valence-electron chi connectivity index (χ4n) is 5.58. The van der Waals surface area contributed by atoms with Crippen molar-refractivity contribution in [3.05, 3.63) is 74.5 Å². The van der Waals surface area contributed by atoms with Gasteiger partial charge in [-0.15, -0.1) is 12.3 Å². The van der Waals surface area contributed by atoms with Crippen molar-refractivity contribution in [1.82, 2.24) is 9.88 Å². The first kappa shape index (κ1) is 25.9. The molecule has 2 aromatic carbocycles. The number of hydrogen-bond acceptors (Lipinski definition) is 9. The van der Waals surface area contributed by atoms with Gasteiger partial charge in [0.25, 0.3) is 11.4 Å². The molecule has 4 heterocycles. The summed E-state index contributed by atoms with van der Waals surface area (Å²) >= 11 is 0. The van der Waals surface area contributed by atoms with Crippen molar-refractivity contribution in [2.45, 2.75) is 25.0 Å². The van der Waals surface area contributed by atoms with Crippen LogP contribution in [0.3, 0.4) is 0 Å². The third-order valence-corrected chi connectivity index (χ3v) is 7.46. The molecule has 6 rings (SSSR count). The number of amides is 1. The predicted molar refractivity (Wildman–Crippen MR) is 141 cm³/mol. The number of nitro benzene ring substituents is 2. The lowest BCUT2D eigenvalue weighted by Crippen LogP contribution is -2.55. The Balaban J connectivity index is 1.51. The van der Waals surface area contributed by atoms with Crippen LogP contribution in [0.15, 0.2) is 48.7 Å². The second-order valence-corrected chi connectivity index (χ2v) is 9.61. The molecule has 3 aliphatic heterocycles. The van der Waals surface area contributed by atoms with E-state index >= 15 is 0 Å². The van der Waals surface area contributed by atoms with E-state index in [1.165, 1.54) is 0 Å². The first-order valence-electron chi connectivity index (χ1n) is 12.3. The molecule has 12 nitrogen and oxygen atoms in total. The molecule has 0 aliphatic carbocycles. The second kappa shape index (κ2) is 10.5. The third-order valence-electron chi connectivity index (χ3n) is 7.46. The Kier molecular flexibility index (Phi) is 7.00. The van der Waals surface area contributed by atoms with Crippen LogP contribution >= 0.6 is 0 Å². The Hall–Kier alpha value is -4.76. The molecule has 3 aromatic rings. The first-order chi connectivity index (χ1) is 18.8. The van der Waals surface area contributed by atoms with E-state index in [4.69, 9.17) is 15.9 Å². The number of nitro groups is 2. The minimum absolute atomic E-state index is 0.115. The molecule has 2 bridgehead atoms. The van der Waals surface area contributed by atoms with E-state index in [1.807, 2.05) is 12.1 Å². The zero-order chi connectivity index (χ0) is 27.7. The minimum atomic E-state index is -0.904. The summed E-state index contributed by atoms with van der Waals surface area (Å²) in [5.74, 6) is 3.89. The van der Waals surface area contributed by atoms with E-state index in [0.717, 1.165) is 36.6 Å². The van der Waals surface area contributed by atoms with E-state index < -0.39 is 33.4 Å². The van der Waals surface area contributed by atoms with Gasteiger partial charge in [-0.2, -0.15) is 0 Å². The van der Waals surface area contributed by atoms with Crippen LogP contribution in [0.2, 0.25) is 0 Å². The lowest BCUT2D eigenvalue weighted by molar-refractivity contribution is -0.394. The molecule has 3 saturated heterocycles. The van der Waals surface area contributed by atoms with Crippen LogP contribution in [-0.4, -0.2) is 52.1 Å². The Morgan fingerprint density at radius 3 is 2.54 bits per heavy atom. The molecule has 3 fully saturated rings. The van der Waals surface area contributed by atoms with Crippen molar-refractivity contribution in [3.63, 3.8) is 0 Å². The van der Waals surface area contributed by atoms with Crippen molar-refractivity contribution < 1.29 is 24.1 Å². The van der Waals surface area contributed by atoms with Gasteiger partial charge in [-0.05, 0) is 49.6 Å². The minimum Gasteiger partial charge on any atom is -0.497 e. The molecule has 5 atom stereocenters. The van der Waals surface area contributed by atoms with Gasteiger partial charge in [0.1, 0.15) is 11.9 Å². The van der Waals surface area contributed by atoms with Crippen molar-refractivity contribution in [3.8, 4) is 18.1 Å². The van der Waals surface area contributed by atoms with Crippen molar-refractivity contribution >= 4 is 34.1 Å². The average Bonchev–Trinajstić information content (AvgIpc) is 2.95. The number of piperidine rings is 3. The number of ether oxygens (including phenoxy) is 2. The maximum Gasteiger partial charge on any atom is 0.412 e. The summed E-state index contributed by atoms with van der Waals surface area (Å²) < 4.78 is 11.4. The molecule has 1 N–H and O–H groups in total. The number of carbonyl (C=O) groups is 1. The Labute approximate surface area is 223 Å². The smallest absolute Gasteiger partial charge is 0.412 e. The molecule has 1 amide bonds. The fraction of sp³-hybridized carbons (Fsp3) is 0.333. The molecule has 12 heteroatoms. The van der Waals surface area contributed by atoms with Crippen molar-refractivity contribution in [2.75, 3.05) is 25.5 Å². The number of rotatable bonds is 7. The maximum atomic E-state index is 13.2. The number of nitrogens with zero attached hydrogens (tertiary/aromatic N) is 4. The fourth-order valence-corrected chi connectivity index (χ4v) is 5.58.